The van der Waals surface area contributed by atoms with Gasteiger partial charge in [-0.1, -0.05) is 18.2 Å². The van der Waals surface area contributed by atoms with Gasteiger partial charge in [0.05, 0.1) is 11.0 Å². The van der Waals surface area contributed by atoms with Gasteiger partial charge in [-0.25, -0.2) is 0 Å². The van der Waals surface area contributed by atoms with Crippen molar-refractivity contribution in [1.29, 1.82) is 0 Å². The monoisotopic (exact) mass is 236 g/mol. The maximum Gasteiger partial charge on any atom is 0.273 e. The van der Waals surface area contributed by atoms with Crippen LogP contribution in [0.5, 0.6) is 0 Å². The molecule has 1 aliphatic rings. The van der Waals surface area contributed by atoms with Crippen LogP contribution in [-0.2, 0) is 6.54 Å². The first-order valence-corrected chi connectivity index (χ1v) is 5.78. The minimum atomic E-state index is -0.357. The summed E-state index contributed by atoms with van der Waals surface area (Å²) in [6, 6.07) is 6.76. The minimum Gasteiger partial charge on any atom is -0.393 e. The summed E-state index contributed by atoms with van der Waals surface area (Å²) >= 11 is 0. The largest absolute Gasteiger partial charge is 0.393 e. The van der Waals surface area contributed by atoms with Crippen LogP contribution in [0, 0.1) is 16.0 Å². The molecule has 1 aromatic carbocycles. The number of nitro benzene ring substituents is 1. The molecule has 17 heavy (non-hydrogen) atoms. The smallest absolute Gasteiger partial charge is 0.273 e. The van der Waals surface area contributed by atoms with Crippen LogP contribution in [0.2, 0.25) is 0 Å². The molecule has 1 aromatic rings. The van der Waals surface area contributed by atoms with Crippen molar-refractivity contribution in [1.82, 2.24) is 5.32 Å². The van der Waals surface area contributed by atoms with E-state index in [2.05, 4.69) is 5.32 Å². The van der Waals surface area contributed by atoms with Crippen molar-refractivity contribution in [3.8, 4) is 0 Å². The van der Waals surface area contributed by atoms with E-state index in [-0.39, 0.29) is 16.7 Å². The molecule has 5 heteroatoms. The van der Waals surface area contributed by atoms with Crippen LogP contribution < -0.4 is 5.32 Å². The molecule has 5 nitrogen and oxygen atoms in total. The molecule has 1 fully saturated rings. The average Bonchev–Trinajstić information content (AvgIpc) is 2.27. The highest BCUT2D eigenvalue weighted by Crippen LogP contribution is 2.26. The molecule has 1 aliphatic carbocycles. The molecule has 2 N–H and O–H groups in total. The Morgan fingerprint density at radius 1 is 1.41 bits per heavy atom. The SMILES string of the molecule is O=[N+]([O-])c1ccccc1CNCC1CC(O)C1. The van der Waals surface area contributed by atoms with Crippen LogP contribution in [0.4, 0.5) is 5.69 Å². The van der Waals surface area contributed by atoms with Crippen molar-refractivity contribution in [2.45, 2.75) is 25.5 Å². The van der Waals surface area contributed by atoms with Gasteiger partial charge in [0.2, 0.25) is 0 Å². The number of nitro groups is 1. The predicted octanol–water partition coefficient (Wildman–Crippen LogP) is 1.46. The quantitative estimate of drug-likeness (QED) is 0.599. The van der Waals surface area contributed by atoms with Crippen LogP contribution in [0.1, 0.15) is 18.4 Å². The molecular weight excluding hydrogens is 220 g/mol. The lowest BCUT2D eigenvalue weighted by atomic mass is 9.82. The first-order chi connectivity index (χ1) is 8.16. The summed E-state index contributed by atoms with van der Waals surface area (Å²) in [6.45, 7) is 1.31. The molecule has 0 saturated heterocycles. The molecule has 0 spiro atoms. The molecule has 92 valence electrons. The highest BCUT2D eigenvalue weighted by molar-refractivity contribution is 5.39. The second-order valence-corrected chi connectivity index (χ2v) is 4.51. The van der Waals surface area contributed by atoms with E-state index < -0.39 is 0 Å². The van der Waals surface area contributed by atoms with Crippen molar-refractivity contribution in [3.63, 3.8) is 0 Å². The molecule has 0 amide bonds. The van der Waals surface area contributed by atoms with Gasteiger partial charge in [-0.15, -0.1) is 0 Å². The standard InChI is InChI=1S/C12H16N2O3/c15-11-5-9(6-11)7-13-8-10-3-1-2-4-12(10)14(16)17/h1-4,9,11,13,15H,5-8H2. The molecule has 0 radical (unpaired) electrons. The second kappa shape index (κ2) is 5.25. The van der Waals surface area contributed by atoms with Crippen LogP contribution in [0.3, 0.4) is 0 Å². The van der Waals surface area contributed by atoms with Gasteiger partial charge in [-0.05, 0) is 25.3 Å². The number of nitrogens with zero attached hydrogens (tertiary/aromatic N) is 1. The van der Waals surface area contributed by atoms with Crippen LogP contribution >= 0.6 is 0 Å². The van der Waals surface area contributed by atoms with E-state index in [1.807, 2.05) is 0 Å². The summed E-state index contributed by atoms with van der Waals surface area (Å²) in [5.74, 6) is 0.507. The van der Waals surface area contributed by atoms with Crippen molar-refractivity contribution >= 4 is 5.69 Å². The minimum absolute atomic E-state index is 0.145. The maximum atomic E-state index is 10.8. The normalized spacial score (nSPS) is 23.1. The number of para-hydroxylation sites is 1. The topological polar surface area (TPSA) is 75.4 Å². The van der Waals surface area contributed by atoms with Crippen molar-refractivity contribution in [2.75, 3.05) is 6.54 Å². The van der Waals surface area contributed by atoms with Gasteiger partial charge in [-0.3, -0.25) is 10.1 Å². The lowest BCUT2D eigenvalue weighted by Gasteiger charge is -2.31. The first kappa shape index (κ1) is 12.0. The van der Waals surface area contributed by atoms with Crippen LogP contribution in [0.25, 0.3) is 0 Å². The van der Waals surface area contributed by atoms with E-state index in [0.29, 0.717) is 18.0 Å². The number of rotatable bonds is 5. The van der Waals surface area contributed by atoms with Gasteiger partial charge >= 0.3 is 0 Å². The second-order valence-electron chi connectivity index (χ2n) is 4.51. The molecule has 0 bridgehead atoms. The third kappa shape index (κ3) is 3.01. The van der Waals surface area contributed by atoms with Crippen molar-refractivity contribution in [2.24, 2.45) is 5.92 Å². The third-order valence-corrected chi connectivity index (χ3v) is 3.15. The zero-order valence-electron chi connectivity index (χ0n) is 9.50. The first-order valence-electron chi connectivity index (χ1n) is 5.78. The van der Waals surface area contributed by atoms with Gasteiger partial charge in [-0.2, -0.15) is 0 Å². The van der Waals surface area contributed by atoms with Crippen LogP contribution in [-0.4, -0.2) is 22.7 Å². The number of benzene rings is 1. The van der Waals surface area contributed by atoms with E-state index in [1.54, 1.807) is 18.2 Å². The fourth-order valence-corrected chi connectivity index (χ4v) is 2.12. The Morgan fingerprint density at radius 2 is 2.12 bits per heavy atom. The lowest BCUT2D eigenvalue weighted by Crippen LogP contribution is -2.35. The Bertz CT molecular complexity index is 402. The van der Waals surface area contributed by atoms with E-state index in [1.165, 1.54) is 6.07 Å². The van der Waals surface area contributed by atoms with Crippen LogP contribution in [0.15, 0.2) is 24.3 Å². The number of hydrogen-bond donors (Lipinski definition) is 2. The van der Waals surface area contributed by atoms with Gasteiger partial charge in [0.25, 0.3) is 5.69 Å². The number of hydrogen-bond acceptors (Lipinski definition) is 4. The highest BCUT2D eigenvalue weighted by Gasteiger charge is 2.26. The fraction of sp³-hybridized carbons (Fsp3) is 0.500. The lowest BCUT2D eigenvalue weighted by molar-refractivity contribution is -0.385. The predicted molar refractivity (Wildman–Crippen MR) is 63.5 cm³/mol. The van der Waals surface area contributed by atoms with Gasteiger partial charge in [0, 0.05) is 18.2 Å². The van der Waals surface area contributed by atoms with Crippen molar-refractivity contribution in [3.05, 3.63) is 39.9 Å². The van der Waals surface area contributed by atoms with E-state index in [9.17, 15) is 10.1 Å². The maximum absolute atomic E-state index is 10.8. The van der Waals surface area contributed by atoms with Gasteiger partial charge in [0.1, 0.15) is 0 Å². The molecule has 1 saturated carbocycles. The average molecular weight is 236 g/mol. The number of aliphatic hydroxyl groups is 1. The molecule has 0 unspecified atom stereocenters. The van der Waals surface area contributed by atoms with E-state index >= 15 is 0 Å². The fourth-order valence-electron chi connectivity index (χ4n) is 2.12. The number of aliphatic hydroxyl groups excluding tert-OH is 1. The van der Waals surface area contributed by atoms with E-state index in [4.69, 9.17) is 5.11 Å². The summed E-state index contributed by atoms with van der Waals surface area (Å²) in [4.78, 5) is 10.4. The molecule has 0 heterocycles. The summed E-state index contributed by atoms with van der Waals surface area (Å²) in [5, 5.41) is 23.1. The molecule has 0 atom stereocenters. The Hall–Kier alpha value is -1.46. The third-order valence-electron chi connectivity index (χ3n) is 3.15. The Labute approximate surface area is 99.6 Å². The highest BCUT2D eigenvalue weighted by atomic mass is 16.6. The Kier molecular flexibility index (Phi) is 3.71. The number of nitrogens with one attached hydrogen (secondary N) is 1. The molecule has 0 aliphatic heterocycles. The zero-order valence-corrected chi connectivity index (χ0v) is 9.50. The molecule has 0 aromatic heterocycles. The van der Waals surface area contributed by atoms with Gasteiger partial charge in [0.15, 0.2) is 0 Å². The summed E-state index contributed by atoms with van der Waals surface area (Å²) in [5.41, 5.74) is 0.867. The van der Waals surface area contributed by atoms with Gasteiger partial charge < -0.3 is 10.4 Å². The molecule has 2 rings (SSSR count). The summed E-state index contributed by atoms with van der Waals surface area (Å²) in [6.07, 6.45) is 1.53. The zero-order chi connectivity index (χ0) is 12.3. The summed E-state index contributed by atoms with van der Waals surface area (Å²) < 4.78 is 0. The summed E-state index contributed by atoms with van der Waals surface area (Å²) in [7, 11) is 0. The van der Waals surface area contributed by atoms with Crippen molar-refractivity contribution < 1.29 is 10.0 Å². The Morgan fingerprint density at radius 3 is 2.76 bits per heavy atom. The Balaban J connectivity index is 1.84. The van der Waals surface area contributed by atoms with E-state index in [0.717, 1.165) is 19.4 Å². The molecular formula is C12H16N2O3.